The number of rotatable bonds is 3. The third kappa shape index (κ3) is 3.10. The lowest BCUT2D eigenvalue weighted by Crippen LogP contribution is -2.13. The number of halogens is 2. The van der Waals surface area contributed by atoms with Crippen molar-refractivity contribution >= 4 is 29.3 Å². The fourth-order valence-electron chi connectivity index (χ4n) is 1.42. The number of amides is 1. The molecule has 0 saturated carbocycles. The summed E-state index contributed by atoms with van der Waals surface area (Å²) in [5, 5.41) is 11.1. The number of aromatic carboxylic acids is 1. The van der Waals surface area contributed by atoms with Crippen LogP contribution in [0.3, 0.4) is 0 Å². The summed E-state index contributed by atoms with van der Waals surface area (Å²) >= 11 is 5.52. The predicted molar refractivity (Wildman–Crippen MR) is 70.6 cm³/mol. The number of carbonyl (C=O) groups excluding carboxylic acids is 1. The molecule has 0 radical (unpaired) electrons. The van der Waals surface area contributed by atoms with Crippen molar-refractivity contribution in [3.05, 3.63) is 58.5 Å². The zero-order chi connectivity index (χ0) is 14.7. The molecule has 1 aromatic carbocycles. The summed E-state index contributed by atoms with van der Waals surface area (Å²) in [7, 11) is 0. The topological polar surface area (TPSA) is 79.3 Å². The second-order valence-electron chi connectivity index (χ2n) is 3.82. The standard InChI is InChI=1S/C13H8ClFN2O3/c14-9-3-1-7(5-10(9)15)12(18)17-11-4-2-8(6-16-11)13(19)20/h1-6H,(H,19,20)(H,16,17,18). The van der Waals surface area contributed by atoms with E-state index in [0.717, 1.165) is 12.3 Å². The molecule has 1 aromatic heterocycles. The summed E-state index contributed by atoms with van der Waals surface area (Å²) in [6, 6.07) is 6.28. The van der Waals surface area contributed by atoms with Gasteiger partial charge in [-0.15, -0.1) is 0 Å². The van der Waals surface area contributed by atoms with Crippen molar-refractivity contribution < 1.29 is 19.1 Å². The number of hydrogen-bond acceptors (Lipinski definition) is 3. The van der Waals surface area contributed by atoms with Crippen molar-refractivity contribution in [2.24, 2.45) is 0 Å². The number of aromatic nitrogens is 1. The molecule has 102 valence electrons. The van der Waals surface area contributed by atoms with Crippen molar-refractivity contribution in [3.63, 3.8) is 0 Å². The quantitative estimate of drug-likeness (QED) is 0.912. The van der Waals surface area contributed by atoms with Crippen LogP contribution in [0.1, 0.15) is 20.7 Å². The largest absolute Gasteiger partial charge is 0.478 e. The van der Waals surface area contributed by atoms with E-state index in [1.807, 2.05) is 0 Å². The molecule has 0 bridgehead atoms. The minimum Gasteiger partial charge on any atom is -0.478 e. The molecule has 0 aliphatic carbocycles. The van der Waals surface area contributed by atoms with Gasteiger partial charge >= 0.3 is 5.97 Å². The lowest BCUT2D eigenvalue weighted by molar-refractivity contribution is 0.0696. The first kappa shape index (κ1) is 14.0. The van der Waals surface area contributed by atoms with E-state index in [1.54, 1.807) is 0 Å². The van der Waals surface area contributed by atoms with Gasteiger partial charge in [0.15, 0.2) is 0 Å². The first-order valence-electron chi connectivity index (χ1n) is 5.43. The Hall–Kier alpha value is -2.47. The number of carboxylic acids is 1. The van der Waals surface area contributed by atoms with Crippen LogP contribution in [-0.2, 0) is 0 Å². The molecule has 0 fully saturated rings. The highest BCUT2D eigenvalue weighted by Gasteiger charge is 2.10. The molecule has 0 spiro atoms. The number of nitrogens with zero attached hydrogens (tertiary/aromatic N) is 1. The van der Waals surface area contributed by atoms with Crippen molar-refractivity contribution in [1.82, 2.24) is 4.98 Å². The molecule has 20 heavy (non-hydrogen) atoms. The van der Waals surface area contributed by atoms with Gasteiger partial charge in [-0.2, -0.15) is 0 Å². The van der Waals surface area contributed by atoms with Crippen molar-refractivity contribution in [3.8, 4) is 0 Å². The molecule has 1 amide bonds. The van der Waals surface area contributed by atoms with Gasteiger partial charge in [-0.3, -0.25) is 4.79 Å². The van der Waals surface area contributed by atoms with E-state index in [-0.39, 0.29) is 22.0 Å². The Balaban J connectivity index is 2.14. The molecule has 1 heterocycles. The van der Waals surface area contributed by atoms with Gasteiger partial charge in [-0.05, 0) is 30.3 Å². The van der Waals surface area contributed by atoms with Gasteiger partial charge in [0.1, 0.15) is 11.6 Å². The number of carboxylic acid groups (broad SMARTS) is 1. The van der Waals surface area contributed by atoms with Crippen molar-refractivity contribution in [2.75, 3.05) is 5.32 Å². The SMILES string of the molecule is O=C(O)c1ccc(NC(=O)c2ccc(Cl)c(F)c2)nc1. The Kier molecular flexibility index (Phi) is 3.95. The van der Waals surface area contributed by atoms with E-state index in [2.05, 4.69) is 10.3 Å². The van der Waals surface area contributed by atoms with E-state index in [9.17, 15) is 14.0 Å². The maximum atomic E-state index is 13.2. The third-order valence-electron chi connectivity index (χ3n) is 2.43. The monoisotopic (exact) mass is 294 g/mol. The smallest absolute Gasteiger partial charge is 0.337 e. The minimum absolute atomic E-state index is 0.000497. The molecule has 0 atom stereocenters. The highest BCUT2D eigenvalue weighted by molar-refractivity contribution is 6.30. The van der Waals surface area contributed by atoms with Crippen LogP contribution >= 0.6 is 11.6 Å². The van der Waals surface area contributed by atoms with Gasteiger partial charge in [-0.25, -0.2) is 14.2 Å². The Morgan fingerprint density at radius 1 is 1.20 bits per heavy atom. The molecule has 2 N–H and O–H groups in total. The lowest BCUT2D eigenvalue weighted by Gasteiger charge is -2.05. The van der Waals surface area contributed by atoms with Crippen molar-refractivity contribution in [1.29, 1.82) is 0 Å². The highest BCUT2D eigenvalue weighted by atomic mass is 35.5. The molecule has 0 aliphatic heterocycles. The van der Waals surface area contributed by atoms with Crippen molar-refractivity contribution in [2.45, 2.75) is 0 Å². The number of benzene rings is 1. The molecular formula is C13H8ClFN2O3. The van der Waals surface area contributed by atoms with Crippen LogP contribution in [0.25, 0.3) is 0 Å². The summed E-state index contributed by atoms with van der Waals surface area (Å²) in [5.74, 6) is -2.23. The number of pyridine rings is 1. The Bertz CT molecular complexity index is 674. The average molecular weight is 295 g/mol. The zero-order valence-electron chi connectivity index (χ0n) is 9.93. The van der Waals surface area contributed by atoms with E-state index in [0.29, 0.717) is 0 Å². The maximum absolute atomic E-state index is 13.2. The molecule has 0 aliphatic rings. The summed E-state index contributed by atoms with van der Waals surface area (Å²) in [4.78, 5) is 26.2. The number of anilines is 1. The van der Waals surface area contributed by atoms with Gasteiger partial charge in [-0.1, -0.05) is 11.6 Å². The second kappa shape index (κ2) is 5.66. The number of carbonyl (C=O) groups is 2. The molecule has 2 aromatic rings. The van der Waals surface area contributed by atoms with Gasteiger partial charge in [0.25, 0.3) is 5.91 Å². The van der Waals surface area contributed by atoms with E-state index < -0.39 is 17.7 Å². The van der Waals surface area contributed by atoms with Gasteiger partial charge in [0.05, 0.1) is 10.6 Å². The molecule has 5 nitrogen and oxygen atoms in total. The Morgan fingerprint density at radius 3 is 2.45 bits per heavy atom. The third-order valence-corrected chi connectivity index (χ3v) is 2.74. The zero-order valence-corrected chi connectivity index (χ0v) is 10.7. The van der Waals surface area contributed by atoms with Crippen LogP contribution in [0, 0.1) is 5.82 Å². The summed E-state index contributed by atoms with van der Waals surface area (Å²) in [6.45, 7) is 0. The molecule has 0 unspecified atom stereocenters. The van der Waals surface area contributed by atoms with E-state index >= 15 is 0 Å². The van der Waals surface area contributed by atoms with Crippen LogP contribution in [0.5, 0.6) is 0 Å². The normalized spacial score (nSPS) is 10.1. The number of nitrogens with one attached hydrogen (secondary N) is 1. The molecule has 7 heteroatoms. The summed E-state index contributed by atoms with van der Waals surface area (Å²) in [5.41, 5.74) is 0.0801. The first-order valence-corrected chi connectivity index (χ1v) is 5.81. The Labute approximate surface area is 118 Å². The number of hydrogen-bond donors (Lipinski definition) is 2. The van der Waals surface area contributed by atoms with Gasteiger partial charge < -0.3 is 10.4 Å². The molecule has 2 rings (SSSR count). The minimum atomic E-state index is -1.12. The van der Waals surface area contributed by atoms with Crippen LogP contribution in [-0.4, -0.2) is 22.0 Å². The highest BCUT2D eigenvalue weighted by Crippen LogP contribution is 2.16. The first-order chi connectivity index (χ1) is 9.47. The van der Waals surface area contributed by atoms with Crippen LogP contribution in [0.2, 0.25) is 5.02 Å². The second-order valence-corrected chi connectivity index (χ2v) is 4.23. The van der Waals surface area contributed by atoms with E-state index in [4.69, 9.17) is 16.7 Å². The summed E-state index contributed by atoms with van der Waals surface area (Å²) in [6.07, 6.45) is 1.11. The van der Waals surface area contributed by atoms with Crippen LogP contribution in [0.4, 0.5) is 10.2 Å². The fourth-order valence-corrected chi connectivity index (χ4v) is 1.54. The fraction of sp³-hybridized carbons (Fsp3) is 0. The van der Waals surface area contributed by atoms with Crippen LogP contribution < -0.4 is 5.32 Å². The van der Waals surface area contributed by atoms with E-state index in [1.165, 1.54) is 24.3 Å². The molecule has 0 saturated heterocycles. The average Bonchev–Trinajstić information content (AvgIpc) is 2.42. The predicted octanol–water partition coefficient (Wildman–Crippen LogP) is 2.82. The Morgan fingerprint density at radius 2 is 1.90 bits per heavy atom. The summed E-state index contributed by atoms with van der Waals surface area (Å²) < 4.78 is 13.2. The lowest BCUT2D eigenvalue weighted by atomic mass is 10.2. The van der Waals surface area contributed by atoms with Crippen LogP contribution in [0.15, 0.2) is 36.5 Å². The van der Waals surface area contributed by atoms with Gasteiger partial charge in [0, 0.05) is 11.8 Å². The molecular weight excluding hydrogens is 287 g/mol. The maximum Gasteiger partial charge on any atom is 0.337 e. The van der Waals surface area contributed by atoms with Gasteiger partial charge in [0.2, 0.25) is 0 Å².